The Morgan fingerprint density at radius 1 is 1.62 bits per heavy atom. The summed E-state index contributed by atoms with van der Waals surface area (Å²) in [5, 5.41) is 8.05. The molecular weight excluding hydrogens is 206 g/mol. The number of hydrogen-bond donors (Lipinski definition) is 1. The van der Waals surface area contributed by atoms with Crippen molar-refractivity contribution in [1.82, 2.24) is 9.97 Å². The van der Waals surface area contributed by atoms with Gasteiger partial charge in [-0.15, -0.1) is 0 Å². The van der Waals surface area contributed by atoms with E-state index in [1.165, 1.54) is 0 Å². The summed E-state index contributed by atoms with van der Waals surface area (Å²) in [4.78, 5) is 16.8. The number of carboxylic acid groups (broad SMARTS) is 1. The molecule has 1 rings (SSSR count). The lowest BCUT2D eigenvalue weighted by Gasteiger charge is -2.02. The first-order valence-electron chi connectivity index (χ1n) is 3.06. The number of carbonyl (C=O) groups is 1. The topological polar surface area (TPSA) is 63.1 Å². The van der Waals surface area contributed by atoms with Crippen molar-refractivity contribution in [3.8, 4) is 0 Å². The lowest BCUT2D eigenvalue weighted by Crippen LogP contribution is -2.06. The highest BCUT2D eigenvalue weighted by atomic mass is 35.5. The molecule has 0 aliphatic carbocycles. The Bertz CT molecular complexity index is 345. The van der Waals surface area contributed by atoms with Gasteiger partial charge in [0.1, 0.15) is 11.3 Å². The summed E-state index contributed by atoms with van der Waals surface area (Å²) in [5.74, 6) is -1.51. The average molecular weight is 209 g/mol. The van der Waals surface area contributed by atoms with Crippen LogP contribution in [0.3, 0.4) is 0 Å². The lowest BCUT2D eigenvalue weighted by atomic mass is 10.2. The largest absolute Gasteiger partial charge is 0.478 e. The fourth-order valence-corrected chi connectivity index (χ4v) is 0.843. The fourth-order valence-electron chi connectivity index (χ4n) is 0.704. The van der Waals surface area contributed by atoms with E-state index in [0.29, 0.717) is 0 Å². The summed E-state index contributed by atoms with van der Waals surface area (Å²) >= 11 is 5.22. The normalized spacial score (nSPS) is 10.5. The highest BCUT2D eigenvalue weighted by molar-refractivity contribution is 6.28. The zero-order valence-corrected chi connectivity index (χ0v) is 6.79. The molecule has 0 radical (unpaired) electrons. The van der Waals surface area contributed by atoms with E-state index in [1.807, 2.05) is 0 Å². The fraction of sp³-hybridized carbons (Fsp3) is 0.167. The molecule has 1 heterocycles. The number of halogens is 3. The molecule has 0 unspecified atom stereocenters. The van der Waals surface area contributed by atoms with Crippen molar-refractivity contribution in [2.24, 2.45) is 0 Å². The van der Waals surface area contributed by atoms with Crippen LogP contribution >= 0.6 is 11.6 Å². The average Bonchev–Trinajstić information content (AvgIpc) is 2.03. The second kappa shape index (κ2) is 3.61. The van der Waals surface area contributed by atoms with Crippen LogP contribution in [-0.2, 0) is 0 Å². The van der Waals surface area contributed by atoms with Crippen LogP contribution in [0.15, 0.2) is 6.20 Å². The molecule has 4 nitrogen and oxygen atoms in total. The minimum absolute atomic E-state index is 0.402. The second-order valence-corrected chi connectivity index (χ2v) is 2.38. The van der Waals surface area contributed by atoms with Crippen molar-refractivity contribution in [3.05, 3.63) is 22.7 Å². The lowest BCUT2D eigenvalue weighted by molar-refractivity contribution is 0.0681. The van der Waals surface area contributed by atoms with Gasteiger partial charge in [-0.1, -0.05) is 0 Å². The van der Waals surface area contributed by atoms with E-state index in [-0.39, 0.29) is 0 Å². The molecule has 0 amide bonds. The van der Waals surface area contributed by atoms with Crippen LogP contribution < -0.4 is 0 Å². The third-order valence-electron chi connectivity index (χ3n) is 1.23. The van der Waals surface area contributed by atoms with E-state index < -0.39 is 28.9 Å². The molecule has 70 valence electrons. The van der Waals surface area contributed by atoms with Gasteiger partial charge >= 0.3 is 5.97 Å². The molecule has 0 saturated carbocycles. The molecule has 0 aliphatic rings. The van der Waals surface area contributed by atoms with E-state index in [1.54, 1.807) is 0 Å². The van der Waals surface area contributed by atoms with Gasteiger partial charge in [-0.25, -0.2) is 23.5 Å². The summed E-state index contributed by atoms with van der Waals surface area (Å²) in [6.45, 7) is 0. The number of hydrogen-bond acceptors (Lipinski definition) is 3. The third kappa shape index (κ3) is 2.09. The van der Waals surface area contributed by atoms with Crippen LogP contribution in [0, 0.1) is 0 Å². The number of aromatic carboxylic acids is 1. The molecule has 1 aromatic rings. The Morgan fingerprint density at radius 2 is 2.23 bits per heavy atom. The quantitative estimate of drug-likeness (QED) is 0.753. The molecular formula is C6H3ClF2N2O2. The molecule has 0 fully saturated rings. The van der Waals surface area contributed by atoms with Gasteiger partial charge in [0.05, 0.1) is 0 Å². The highest BCUT2D eigenvalue weighted by Gasteiger charge is 2.20. The van der Waals surface area contributed by atoms with Crippen LogP contribution in [0.25, 0.3) is 0 Å². The minimum atomic E-state index is -2.98. The van der Waals surface area contributed by atoms with Gasteiger partial charge in [0.25, 0.3) is 6.43 Å². The van der Waals surface area contributed by atoms with Gasteiger partial charge in [0, 0.05) is 6.20 Å². The molecule has 0 atom stereocenters. The van der Waals surface area contributed by atoms with E-state index in [9.17, 15) is 13.6 Å². The van der Waals surface area contributed by atoms with E-state index in [0.717, 1.165) is 6.20 Å². The number of rotatable bonds is 2. The first kappa shape index (κ1) is 9.79. The summed E-state index contributed by atoms with van der Waals surface area (Å²) in [5.41, 5.74) is -1.51. The van der Waals surface area contributed by atoms with Crippen LogP contribution in [0.1, 0.15) is 22.5 Å². The molecule has 0 aromatic carbocycles. The molecule has 13 heavy (non-hydrogen) atoms. The summed E-state index contributed by atoms with van der Waals surface area (Å²) in [6.07, 6.45) is -2.23. The van der Waals surface area contributed by atoms with Crippen LogP contribution in [0.2, 0.25) is 5.28 Å². The predicted molar refractivity (Wildman–Crippen MR) is 39.0 cm³/mol. The highest BCUT2D eigenvalue weighted by Crippen LogP contribution is 2.21. The summed E-state index contributed by atoms with van der Waals surface area (Å²) < 4.78 is 24.3. The van der Waals surface area contributed by atoms with Crippen molar-refractivity contribution in [2.75, 3.05) is 0 Å². The van der Waals surface area contributed by atoms with Crippen molar-refractivity contribution < 1.29 is 18.7 Å². The van der Waals surface area contributed by atoms with Gasteiger partial charge in [-0.05, 0) is 11.6 Å². The number of nitrogens with zero attached hydrogens (tertiary/aromatic N) is 2. The predicted octanol–water partition coefficient (Wildman–Crippen LogP) is 1.77. The van der Waals surface area contributed by atoms with Crippen molar-refractivity contribution >= 4 is 17.6 Å². The molecule has 7 heteroatoms. The summed E-state index contributed by atoms with van der Waals surface area (Å²) in [7, 11) is 0. The third-order valence-corrected chi connectivity index (χ3v) is 1.41. The Kier molecular flexibility index (Phi) is 2.72. The smallest absolute Gasteiger partial charge is 0.339 e. The molecule has 0 aliphatic heterocycles. The monoisotopic (exact) mass is 208 g/mol. The van der Waals surface area contributed by atoms with Crippen LogP contribution in [-0.4, -0.2) is 21.0 Å². The number of carboxylic acids is 1. The minimum Gasteiger partial charge on any atom is -0.478 e. The van der Waals surface area contributed by atoms with Gasteiger partial charge < -0.3 is 5.11 Å². The number of alkyl halides is 2. The Morgan fingerprint density at radius 3 is 2.69 bits per heavy atom. The molecule has 1 N–H and O–H groups in total. The van der Waals surface area contributed by atoms with Gasteiger partial charge in [0.2, 0.25) is 5.28 Å². The maximum atomic E-state index is 12.2. The Labute approximate surface area is 76.2 Å². The van der Waals surface area contributed by atoms with E-state index >= 15 is 0 Å². The maximum absolute atomic E-state index is 12.2. The molecule has 0 spiro atoms. The van der Waals surface area contributed by atoms with Crippen molar-refractivity contribution in [1.29, 1.82) is 0 Å². The van der Waals surface area contributed by atoms with Crippen LogP contribution in [0.5, 0.6) is 0 Å². The van der Waals surface area contributed by atoms with Gasteiger partial charge in [-0.2, -0.15) is 0 Å². The standard InChI is InChI=1S/C6H3ClF2N2O2/c7-6-10-1-2(5(12)13)3(11-6)4(8)9/h1,4H,(H,12,13). The SMILES string of the molecule is O=C(O)c1cnc(Cl)nc1C(F)F. The second-order valence-electron chi connectivity index (χ2n) is 2.04. The van der Waals surface area contributed by atoms with E-state index in [4.69, 9.17) is 16.7 Å². The van der Waals surface area contributed by atoms with E-state index in [2.05, 4.69) is 9.97 Å². The first-order chi connectivity index (χ1) is 6.02. The van der Waals surface area contributed by atoms with Crippen molar-refractivity contribution in [3.63, 3.8) is 0 Å². The zero-order valence-electron chi connectivity index (χ0n) is 6.04. The maximum Gasteiger partial charge on any atom is 0.339 e. The molecule has 1 aromatic heterocycles. The van der Waals surface area contributed by atoms with Crippen LogP contribution in [0.4, 0.5) is 8.78 Å². The summed E-state index contributed by atoms with van der Waals surface area (Å²) in [6, 6.07) is 0. The van der Waals surface area contributed by atoms with Crippen molar-refractivity contribution in [2.45, 2.75) is 6.43 Å². The number of aromatic nitrogens is 2. The molecule has 0 bridgehead atoms. The van der Waals surface area contributed by atoms with Gasteiger partial charge in [-0.3, -0.25) is 0 Å². The first-order valence-corrected chi connectivity index (χ1v) is 3.44. The Hall–Kier alpha value is -1.30. The Balaban J connectivity index is 3.26. The zero-order chi connectivity index (χ0) is 10.0. The van der Waals surface area contributed by atoms with Gasteiger partial charge in [0.15, 0.2) is 0 Å². The molecule has 0 saturated heterocycles.